The average molecular weight is 246 g/mol. The van der Waals surface area contributed by atoms with Gasteiger partial charge in [-0.05, 0) is 19.8 Å². The Kier molecular flexibility index (Phi) is 19.7. The van der Waals surface area contributed by atoms with Crippen LogP contribution in [-0.2, 0) is 14.3 Å². The van der Waals surface area contributed by atoms with Crippen molar-refractivity contribution in [1.29, 1.82) is 0 Å². The molecule has 0 rings (SSSR count). The number of hydrogen-bond acceptors (Lipinski definition) is 3. The molecule has 0 amide bonds. The van der Waals surface area contributed by atoms with Crippen LogP contribution in [0.4, 0.5) is 0 Å². The molecular formula is C14H30O3. The molecule has 0 radical (unpaired) electrons. The molecular weight excluding hydrogens is 216 g/mol. The van der Waals surface area contributed by atoms with Crippen molar-refractivity contribution >= 4 is 5.97 Å². The van der Waals surface area contributed by atoms with Gasteiger partial charge < -0.3 is 9.47 Å². The van der Waals surface area contributed by atoms with E-state index >= 15 is 0 Å². The Bertz CT molecular complexity index is 138. The van der Waals surface area contributed by atoms with Gasteiger partial charge in [0.25, 0.3) is 0 Å². The summed E-state index contributed by atoms with van der Waals surface area (Å²) in [5.41, 5.74) is 0. The minimum atomic E-state index is -0.211. The number of esters is 1. The topological polar surface area (TPSA) is 35.5 Å². The standard InChI is InChI=1S/C10H22O.C4H8O2/c1-3-5-7-9-11-10-8-6-4-2;1-3-6-4(2)5/h3-10H2,1-2H3;3H2,1-2H3. The molecule has 0 saturated heterocycles. The summed E-state index contributed by atoms with van der Waals surface area (Å²) in [6, 6.07) is 0. The molecule has 0 saturated carbocycles. The lowest BCUT2D eigenvalue weighted by Crippen LogP contribution is -1.96. The number of ether oxygens (including phenoxy) is 2. The Hall–Kier alpha value is -0.570. The van der Waals surface area contributed by atoms with E-state index in [1.807, 2.05) is 0 Å². The molecule has 0 aliphatic carbocycles. The van der Waals surface area contributed by atoms with Crippen LogP contribution in [0, 0.1) is 0 Å². The van der Waals surface area contributed by atoms with E-state index < -0.39 is 0 Å². The zero-order chi connectivity index (χ0) is 13.4. The summed E-state index contributed by atoms with van der Waals surface area (Å²) in [6.07, 6.45) is 7.68. The Balaban J connectivity index is 0. The Labute approximate surface area is 107 Å². The summed E-state index contributed by atoms with van der Waals surface area (Å²) in [5.74, 6) is -0.211. The van der Waals surface area contributed by atoms with Crippen molar-refractivity contribution in [3.8, 4) is 0 Å². The van der Waals surface area contributed by atoms with Crippen LogP contribution < -0.4 is 0 Å². The van der Waals surface area contributed by atoms with E-state index in [0.29, 0.717) is 6.61 Å². The molecule has 0 bridgehead atoms. The molecule has 0 aliphatic heterocycles. The first kappa shape index (κ1) is 18.8. The van der Waals surface area contributed by atoms with Crippen LogP contribution in [0.25, 0.3) is 0 Å². The lowest BCUT2D eigenvalue weighted by atomic mass is 10.2. The fourth-order valence-electron chi connectivity index (χ4n) is 1.21. The summed E-state index contributed by atoms with van der Waals surface area (Å²) < 4.78 is 9.84. The SMILES string of the molecule is CCCCCOCCCCC.CCOC(C)=O. The number of carbonyl (C=O) groups is 1. The van der Waals surface area contributed by atoms with Crippen molar-refractivity contribution in [3.63, 3.8) is 0 Å². The van der Waals surface area contributed by atoms with Gasteiger partial charge in [-0.1, -0.05) is 39.5 Å². The van der Waals surface area contributed by atoms with E-state index in [0.717, 1.165) is 13.2 Å². The number of rotatable bonds is 9. The van der Waals surface area contributed by atoms with Crippen molar-refractivity contribution in [1.82, 2.24) is 0 Å². The zero-order valence-corrected chi connectivity index (χ0v) is 12.1. The second-order valence-electron chi connectivity index (χ2n) is 3.95. The van der Waals surface area contributed by atoms with Gasteiger partial charge in [-0.25, -0.2) is 0 Å². The van der Waals surface area contributed by atoms with Gasteiger partial charge in [-0.2, -0.15) is 0 Å². The van der Waals surface area contributed by atoms with E-state index in [9.17, 15) is 4.79 Å². The van der Waals surface area contributed by atoms with E-state index in [1.54, 1.807) is 6.92 Å². The molecule has 0 aromatic rings. The fraction of sp³-hybridized carbons (Fsp3) is 0.929. The average Bonchev–Trinajstić information content (AvgIpc) is 2.29. The zero-order valence-electron chi connectivity index (χ0n) is 12.1. The number of unbranched alkanes of at least 4 members (excludes halogenated alkanes) is 4. The highest BCUT2D eigenvalue weighted by Gasteiger charge is 1.88. The van der Waals surface area contributed by atoms with E-state index in [1.165, 1.54) is 45.4 Å². The molecule has 0 unspecified atom stereocenters. The lowest BCUT2D eigenvalue weighted by molar-refractivity contribution is -0.140. The second-order valence-corrected chi connectivity index (χ2v) is 3.95. The van der Waals surface area contributed by atoms with Crippen molar-refractivity contribution < 1.29 is 14.3 Å². The highest BCUT2D eigenvalue weighted by molar-refractivity contribution is 5.65. The van der Waals surface area contributed by atoms with Gasteiger partial charge in [0.2, 0.25) is 0 Å². The highest BCUT2D eigenvalue weighted by atomic mass is 16.5. The van der Waals surface area contributed by atoms with Gasteiger partial charge in [0.05, 0.1) is 6.61 Å². The van der Waals surface area contributed by atoms with Gasteiger partial charge in [-0.15, -0.1) is 0 Å². The first-order valence-corrected chi connectivity index (χ1v) is 6.90. The molecule has 0 heterocycles. The molecule has 3 heteroatoms. The van der Waals surface area contributed by atoms with Gasteiger partial charge in [0, 0.05) is 20.1 Å². The first-order valence-electron chi connectivity index (χ1n) is 6.90. The van der Waals surface area contributed by atoms with Crippen LogP contribution in [0.3, 0.4) is 0 Å². The lowest BCUT2D eigenvalue weighted by Gasteiger charge is -2.01. The van der Waals surface area contributed by atoms with Crippen molar-refractivity contribution in [2.45, 2.75) is 66.2 Å². The molecule has 0 spiro atoms. The molecule has 0 aromatic heterocycles. The maximum Gasteiger partial charge on any atom is 0.302 e. The Morgan fingerprint density at radius 2 is 1.35 bits per heavy atom. The third kappa shape index (κ3) is 25.6. The molecule has 0 fully saturated rings. The largest absolute Gasteiger partial charge is 0.466 e. The van der Waals surface area contributed by atoms with Crippen LogP contribution >= 0.6 is 0 Å². The molecule has 3 nitrogen and oxygen atoms in total. The van der Waals surface area contributed by atoms with Crippen LogP contribution in [-0.4, -0.2) is 25.8 Å². The number of carbonyl (C=O) groups excluding carboxylic acids is 1. The molecule has 0 aliphatic rings. The maximum absolute atomic E-state index is 9.82. The smallest absolute Gasteiger partial charge is 0.302 e. The first-order chi connectivity index (χ1) is 8.18. The third-order valence-corrected chi connectivity index (χ3v) is 2.13. The normalized spacial score (nSPS) is 9.41. The van der Waals surface area contributed by atoms with E-state index in [2.05, 4.69) is 18.6 Å². The van der Waals surface area contributed by atoms with Crippen LogP contribution in [0.15, 0.2) is 0 Å². The van der Waals surface area contributed by atoms with Crippen molar-refractivity contribution in [2.24, 2.45) is 0 Å². The van der Waals surface area contributed by atoms with Gasteiger partial charge >= 0.3 is 5.97 Å². The third-order valence-electron chi connectivity index (χ3n) is 2.13. The summed E-state index contributed by atoms with van der Waals surface area (Å²) in [7, 11) is 0. The van der Waals surface area contributed by atoms with Crippen LogP contribution in [0.2, 0.25) is 0 Å². The molecule has 0 N–H and O–H groups in total. The monoisotopic (exact) mass is 246 g/mol. The summed E-state index contributed by atoms with van der Waals surface area (Å²) in [4.78, 5) is 9.82. The summed E-state index contributed by atoms with van der Waals surface area (Å²) in [5, 5.41) is 0. The molecule has 0 aromatic carbocycles. The number of hydrogen-bond donors (Lipinski definition) is 0. The summed E-state index contributed by atoms with van der Waals surface area (Å²) in [6.45, 7) is 10.0. The maximum atomic E-state index is 9.82. The fourth-order valence-corrected chi connectivity index (χ4v) is 1.21. The second kappa shape index (κ2) is 17.8. The van der Waals surface area contributed by atoms with Crippen molar-refractivity contribution in [2.75, 3.05) is 19.8 Å². The predicted molar refractivity (Wildman–Crippen MR) is 72.2 cm³/mol. The molecule has 0 atom stereocenters. The highest BCUT2D eigenvalue weighted by Crippen LogP contribution is 1.97. The van der Waals surface area contributed by atoms with Gasteiger partial charge in [0.1, 0.15) is 0 Å². The van der Waals surface area contributed by atoms with Crippen LogP contribution in [0.1, 0.15) is 66.2 Å². The van der Waals surface area contributed by atoms with E-state index in [-0.39, 0.29) is 5.97 Å². The summed E-state index contributed by atoms with van der Waals surface area (Å²) >= 11 is 0. The quantitative estimate of drug-likeness (QED) is 0.456. The molecule has 17 heavy (non-hydrogen) atoms. The Morgan fingerprint density at radius 1 is 0.882 bits per heavy atom. The van der Waals surface area contributed by atoms with Gasteiger partial charge in [-0.3, -0.25) is 4.79 Å². The predicted octanol–water partition coefficient (Wildman–Crippen LogP) is 3.95. The van der Waals surface area contributed by atoms with Crippen molar-refractivity contribution in [3.05, 3.63) is 0 Å². The minimum Gasteiger partial charge on any atom is -0.466 e. The van der Waals surface area contributed by atoms with Crippen LogP contribution in [0.5, 0.6) is 0 Å². The van der Waals surface area contributed by atoms with E-state index in [4.69, 9.17) is 4.74 Å². The molecule has 104 valence electrons. The van der Waals surface area contributed by atoms with Gasteiger partial charge in [0.15, 0.2) is 0 Å². The Morgan fingerprint density at radius 3 is 1.59 bits per heavy atom. The minimum absolute atomic E-state index is 0.211.